The number of nitrogens with zero attached hydrogens (tertiary/aromatic N) is 5. The van der Waals surface area contributed by atoms with Gasteiger partial charge in [0, 0.05) is 31.9 Å². The molecule has 0 radical (unpaired) electrons. The first kappa shape index (κ1) is 16.1. The lowest BCUT2D eigenvalue weighted by Gasteiger charge is -2.29. The molecule has 0 spiro atoms. The van der Waals surface area contributed by atoms with Crippen molar-refractivity contribution in [3.8, 4) is 0 Å². The SMILES string of the molecule is CSCC(C)N(C)c1nc(NN)nc(N2CCCCC2)n1. The van der Waals surface area contributed by atoms with E-state index < -0.39 is 0 Å². The maximum Gasteiger partial charge on any atom is 0.243 e. The molecule has 1 atom stereocenters. The summed E-state index contributed by atoms with van der Waals surface area (Å²) in [6, 6.07) is 0.349. The number of hydrazine groups is 1. The van der Waals surface area contributed by atoms with Crippen molar-refractivity contribution in [2.24, 2.45) is 5.84 Å². The molecule has 0 amide bonds. The summed E-state index contributed by atoms with van der Waals surface area (Å²) < 4.78 is 0. The van der Waals surface area contributed by atoms with Crippen LogP contribution < -0.4 is 21.1 Å². The molecule has 1 unspecified atom stereocenters. The highest BCUT2D eigenvalue weighted by Crippen LogP contribution is 2.20. The van der Waals surface area contributed by atoms with Gasteiger partial charge in [0.25, 0.3) is 0 Å². The molecule has 1 aromatic heterocycles. The van der Waals surface area contributed by atoms with Crippen LogP contribution in [-0.2, 0) is 0 Å². The van der Waals surface area contributed by atoms with Gasteiger partial charge in [0.1, 0.15) is 0 Å². The summed E-state index contributed by atoms with van der Waals surface area (Å²) in [5.74, 6) is 8.33. The van der Waals surface area contributed by atoms with E-state index in [-0.39, 0.29) is 0 Å². The Morgan fingerprint density at radius 2 is 2.00 bits per heavy atom. The first-order valence-electron chi connectivity index (χ1n) is 7.35. The van der Waals surface area contributed by atoms with E-state index in [2.05, 4.69) is 43.4 Å². The van der Waals surface area contributed by atoms with Crippen LogP contribution in [0.15, 0.2) is 0 Å². The van der Waals surface area contributed by atoms with Gasteiger partial charge in [-0.3, -0.25) is 5.43 Å². The average molecular weight is 311 g/mol. The largest absolute Gasteiger partial charge is 0.341 e. The topological polar surface area (TPSA) is 83.2 Å². The Hall–Kier alpha value is -1.28. The fraction of sp³-hybridized carbons (Fsp3) is 0.769. The van der Waals surface area contributed by atoms with Gasteiger partial charge in [-0.1, -0.05) is 0 Å². The van der Waals surface area contributed by atoms with Crippen molar-refractivity contribution in [3.05, 3.63) is 0 Å². The van der Waals surface area contributed by atoms with Crippen LogP contribution in [0.2, 0.25) is 0 Å². The molecule has 2 rings (SSSR count). The third kappa shape index (κ3) is 4.10. The zero-order chi connectivity index (χ0) is 15.2. The maximum atomic E-state index is 5.51. The van der Waals surface area contributed by atoms with E-state index in [1.54, 1.807) is 0 Å². The van der Waals surface area contributed by atoms with Gasteiger partial charge in [0.2, 0.25) is 17.8 Å². The van der Waals surface area contributed by atoms with Crippen molar-refractivity contribution in [2.45, 2.75) is 32.2 Å². The van der Waals surface area contributed by atoms with E-state index in [0.717, 1.165) is 24.8 Å². The van der Waals surface area contributed by atoms with Gasteiger partial charge in [-0.15, -0.1) is 0 Å². The predicted molar refractivity (Wildman–Crippen MR) is 89.9 cm³/mol. The highest BCUT2D eigenvalue weighted by molar-refractivity contribution is 7.98. The molecular weight excluding hydrogens is 286 g/mol. The minimum Gasteiger partial charge on any atom is -0.341 e. The van der Waals surface area contributed by atoms with Crippen molar-refractivity contribution in [1.82, 2.24) is 15.0 Å². The first-order chi connectivity index (χ1) is 10.2. The summed E-state index contributed by atoms with van der Waals surface area (Å²) >= 11 is 1.81. The standard InChI is InChI=1S/C13H25N7S/c1-10(9-21-3)19(2)12-15-11(18-14)16-13(17-12)20-7-5-4-6-8-20/h10H,4-9,14H2,1-3H3,(H,15,16,17,18). The van der Waals surface area contributed by atoms with Gasteiger partial charge in [0.15, 0.2) is 0 Å². The van der Waals surface area contributed by atoms with E-state index >= 15 is 0 Å². The van der Waals surface area contributed by atoms with Crippen LogP contribution in [0, 0.1) is 0 Å². The fourth-order valence-corrected chi connectivity index (χ4v) is 3.07. The highest BCUT2D eigenvalue weighted by atomic mass is 32.2. The van der Waals surface area contributed by atoms with E-state index in [1.807, 2.05) is 18.8 Å². The van der Waals surface area contributed by atoms with Crippen molar-refractivity contribution >= 4 is 29.6 Å². The molecule has 7 nitrogen and oxygen atoms in total. The van der Waals surface area contributed by atoms with Gasteiger partial charge in [-0.25, -0.2) is 5.84 Å². The van der Waals surface area contributed by atoms with Crippen LogP contribution in [0.1, 0.15) is 26.2 Å². The molecule has 0 aromatic carbocycles. The van der Waals surface area contributed by atoms with E-state index in [0.29, 0.717) is 17.9 Å². The number of aromatic nitrogens is 3. The molecule has 2 heterocycles. The first-order valence-corrected chi connectivity index (χ1v) is 8.74. The van der Waals surface area contributed by atoms with Crippen molar-refractivity contribution in [3.63, 3.8) is 0 Å². The molecule has 1 saturated heterocycles. The zero-order valence-corrected chi connectivity index (χ0v) is 13.9. The Kier molecular flexibility index (Phi) is 5.86. The monoisotopic (exact) mass is 311 g/mol. The van der Waals surface area contributed by atoms with Crippen LogP contribution in [-0.4, -0.2) is 53.1 Å². The Morgan fingerprint density at radius 3 is 2.62 bits per heavy atom. The molecule has 1 aliphatic heterocycles. The third-order valence-corrected chi connectivity index (χ3v) is 4.58. The lowest BCUT2D eigenvalue weighted by molar-refractivity contribution is 0.567. The van der Waals surface area contributed by atoms with Gasteiger partial charge in [0.05, 0.1) is 0 Å². The van der Waals surface area contributed by atoms with Crippen LogP contribution in [0.3, 0.4) is 0 Å². The van der Waals surface area contributed by atoms with E-state index in [4.69, 9.17) is 5.84 Å². The maximum absolute atomic E-state index is 5.51. The molecule has 1 aliphatic rings. The quantitative estimate of drug-likeness (QED) is 0.601. The number of hydrogen-bond donors (Lipinski definition) is 2. The van der Waals surface area contributed by atoms with Gasteiger partial charge in [-0.2, -0.15) is 26.7 Å². The van der Waals surface area contributed by atoms with Crippen LogP contribution in [0.5, 0.6) is 0 Å². The molecule has 8 heteroatoms. The molecule has 1 aromatic rings. The summed E-state index contributed by atoms with van der Waals surface area (Å²) in [5.41, 5.74) is 2.55. The lowest BCUT2D eigenvalue weighted by Crippen LogP contribution is -2.35. The second-order valence-electron chi connectivity index (χ2n) is 5.37. The molecular formula is C13H25N7S. The normalized spacial score (nSPS) is 16.7. The van der Waals surface area contributed by atoms with Gasteiger partial charge >= 0.3 is 0 Å². The smallest absolute Gasteiger partial charge is 0.243 e. The van der Waals surface area contributed by atoms with E-state index in [9.17, 15) is 0 Å². The molecule has 1 fully saturated rings. The number of nitrogens with one attached hydrogen (secondary N) is 1. The number of rotatable bonds is 6. The minimum atomic E-state index is 0.349. The third-order valence-electron chi connectivity index (χ3n) is 3.76. The summed E-state index contributed by atoms with van der Waals surface area (Å²) in [6.45, 7) is 4.16. The van der Waals surface area contributed by atoms with Crippen molar-refractivity contribution in [1.29, 1.82) is 0 Å². The molecule has 0 bridgehead atoms. The Labute approximate surface area is 130 Å². The summed E-state index contributed by atoms with van der Waals surface area (Å²) in [7, 11) is 2.01. The Bertz CT molecular complexity index is 450. The molecule has 0 saturated carbocycles. The average Bonchev–Trinajstić information content (AvgIpc) is 2.54. The molecule has 21 heavy (non-hydrogen) atoms. The second kappa shape index (κ2) is 7.65. The number of hydrogen-bond acceptors (Lipinski definition) is 8. The zero-order valence-electron chi connectivity index (χ0n) is 13.0. The van der Waals surface area contributed by atoms with Gasteiger partial charge in [-0.05, 0) is 32.4 Å². The minimum absolute atomic E-state index is 0.349. The van der Waals surface area contributed by atoms with Crippen LogP contribution in [0.4, 0.5) is 17.8 Å². The van der Waals surface area contributed by atoms with E-state index in [1.165, 1.54) is 19.3 Å². The van der Waals surface area contributed by atoms with Crippen molar-refractivity contribution < 1.29 is 0 Å². The number of anilines is 3. The molecule has 3 N–H and O–H groups in total. The lowest BCUT2D eigenvalue weighted by atomic mass is 10.1. The number of nitrogens with two attached hydrogens (primary N) is 1. The second-order valence-corrected chi connectivity index (χ2v) is 6.28. The fourth-order valence-electron chi connectivity index (χ4n) is 2.36. The Morgan fingerprint density at radius 1 is 1.29 bits per heavy atom. The molecule has 118 valence electrons. The Balaban J connectivity index is 2.24. The van der Waals surface area contributed by atoms with Crippen LogP contribution in [0.25, 0.3) is 0 Å². The van der Waals surface area contributed by atoms with Crippen molar-refractivity contribution in [2.75, 3.05) is 47.4 Å². The number of thioether (sulfide) groups is 1. The summed E-state index contributed by atoms with van der Waals surface area (Å²) in [5, 5.41) is 0. The summed E-state index contributed by atoms with van der Waals surface area (Å²) in [6.07, 6.45) is 5.75. The predicted octanol–water partition coefficient (Wildman–Crippen LogP) is 1.34. The van der Waals surface area contributed by atoms with Gasteiger partial charge < -0.3 is 9.80 Å². The summed E-state index contributed by atoms with van der Waals surface area (Å²) in [4.78, 5) is 17.7. The highest BCUT2D eigenvalue weighted by Gasteiger charge is 2.19. The van der Waals surface area contributed by atoms with Crippen LogP contribution >= 0.6 is 11.8 Å². The number of piperidine rings is 1. The molecule has 0 aliphatic carbocycles. The number of nitrogen functional groups attached to an aromatic ring is 1.